The van der Waals surface area contributed by atoms with Crippen LogP contribution in [0.2, 0.25) is 5.15 Å². The van der Waals surface area contributed by atoms with Crippen molar-refractivity contribution >= 4 is 116 Å². The molecular formula is C113H89ClN26O9. The Labute approximate surface area is 862 Å². The number of amides is 6. The van der Waals surface area contributed by atoms with E-state index in [0.29, 0.717) is 131 Å². The van der Waals surface area contributed by atoms with E-state index in [1.807, 2.05) is 80.0 Å². The summed E-state index contributed by atoms with van der Waals surface area (Å²) in [5, 5.41) is 16.7. The van der Waals surface area contributed by atoms with Crippen molar-refractivity contribution in [2.75, 3.05) is 67.7 Å². The molecule has 6 N–H and O–H groups in total. The maximum Gasteiger partial charge on any atom is 0.275 e. The van der Waals surface area contributed by atoms with Gasteiger partial charge in [0, 0.05) is 155 Å². The van der Waals surface area contributed by atoms with Crippen molar-refractivity contribution in [1.29, 1.82) is 0 Å². The van der Waals surface area contributed by atoms with Crippen molar-refractivity contribution in [1.82, 2.24) is 84.7 Å². The number of nitrogens with zero attached hydrogens (tertiary/aromatic N) is 20. The van der Waals surface area contributed by atoms with Gasteiger partial charge in [-0.3, -0.25) is 43.7 Å². The quantitative estimate of drug-likeness (QED) is 0.0242. The molecule has 0 aliphatic heterocycles. The van der Waals surface area contributed by atoms with Crippen LogP contribution < -0.4 is 60.8 Å². The number of rotatable bonds is 24. The van der Waals surface area contributed by atoms with Crippen LogP contribution in [0.25, 0.3) is 0 Å². The maximum atomic E-state index is 12.4. The van der Waals surface area contributed by atoms with Gasteiger partial charge in [0.15, 0.2) is 5.75 Å². The van der Waals surface area contributed by atoms with Gasteiger partial charge < -0.3 is 60.8 Å². The lowest BCUT2D eigenvalue weighted by molar-refractivity contribution is 0.101. The summed E-state index contributed by atoms with van der Waals surface area (Å²) in [4.78, 5) is 149. The standard InChI is InChI=1S/C19H14ClN5O.2C19H15N5O.C19H13N3O2.C18H16N4O2.C18H12N4O2.CH4/c1-3-13-5-4-6-14(7-13)19(26)24-18-9-15(8-17(20)23-18)25(2)16-10-21-12-22-11-16;1-3-14-5-4-6-15(7-14)19(25)23-16-8-17(10-20-9-16)24(2)18-11-21-13-22-12-18;1-3-14-5-4-6-15(9-14)19(25)23-18-10-16(7-8-22-18)24(2)17-11-20-13-21-12-17;1-2-14-5-3-6-15(11-14)19(23)22-18-12-16(8-10-21-18)24-17-7-4-9-20-13-17;1-12-9-10-14(11-19-12)24-17-8-4-7-16(21-17)22-18(23)15-6-3-5-13(2)20-15;1-2-13-4-3-5-14(8-13)18(23)22-17-9-15(6-7-21-17)24-16-10-19-12-20-11-16;/h1,4-12H,2H3,(H,23,24,26);1,4-13H,2H3,(H,23,25);1,4-13H,2H3,(H,22,23,25);1,3-13H,(H,21,22,23);3-11H,1-2H3,(H,21,22,23);1,3-12H,(H,21,22,23);1H4. The van der Waals surface area contributed by atoms with Crippen molar-refractivity contribution in [3.63, 3.8) is 0 Å². The van der Waals surface area contributed by atoms with Gasteiger partial charge in [0.25, 0.3) is 35.4 Å². The highest BCUT2D eigenvalue weighted by atomic mass is 35.5. The molecule has 0 bridgehead atoms. The van der Waals surface area contributed by atoms with Crippen molar-refractivity contribution < 1.29 is 43.0 Å². The summed E-state index contributed by atoms with van der Waals surface area (Å²) in [6.45, 7) is 3.73. The normalized spacial score (nSPS) is 9.89. The zero-order valence-electron chi connectivity index (χ0n) is 79.4. The molecule has 0 fully saturated rings. The Morgan fingerprint density at radius 2 is 0.678 bits per heavy atom. The summed E-state index contributed by atoms with van der Waals surface area (Å²) in [6.07, 6.45) is 58.7. The minimum absolute atomic E-state index is 0. The summed E-state index contributed by atoms with van der Waals surface area (Å²) in [5.41, 5.74) is 12.9. The highest BCUT2D eigenvalue weighted by Crippen LogP contribution is 2.32. The summed E-state index contributed by atoms with van der Waals surface area (Å²) in [7, 11) is 5.60. The monoisotopic (exact) mass is 1990 g/mol. The topological polar surface area (TPSA) is 431 Å². The molecule has 732 valence electrons. The number of hydrogen-bond donors (Lipinski definition) is 6. The van der Waals surface area contributed by atoms with Crippen LogP contribution in [0, 0.1) is 75.6 Å². The second kappa shape index (κ2) is 54.3. The number of terminal acetylenes is 5. The van der Waals surface area contributed by atoms with E-state index >= 15 is 0 Å². The van der Waals surface area contributed by atoms with E-state index < -0.39 is 0 Å². The number of aryl methyl sites for hydroxylation is 2. The van der Waals surface area contributed by atoms with E-state index in [4.69, 9.17) is 57.9 Å². The molecule has 13 heterocycles. The van der Waals surface area contributed by atoms with E-state index in [1.54, 1.807) is 287 Å². The fraction of sp³-hybridized carbons (Fsp3) is 0.0531. The number of aromatic nitrogens is 17. The van der Waals surface area contributed by atoms with Gasteiger partial charge in [0.1, 0.15) is 88.2 Å². The third kappa shape index (κ3) is 32.8. The van der Waals surface area contributed by atoms with Crippen LogP contribution in [-0.4, -0.2) is 141 Å². The summed E-state index contributed by atoms with van der Waals surface area (Å²) >= 11 is 6.11. The van der Waals surface area contributed by atoms with Crippen LogP contribution in [0.15, 0.2) is 361 Å². The molecule has 0 saturated carbocycles. The van der Waals surface area contributed by atoms with Crippen LogP contribution in [0.5, 0.6) is 34.6 Å². The first-order chi connectivity index (χ1) is 72.0. The Kier molecular flexibility index (Phi) is 38.8. The number of halogens is 1. The van der Waals surface area contributed by atoms with Crippen molar-refractivity contribution in [2.24, 2.45) is 0 Å². The average molecular weight is 1990 g/mol. The Morgan fingerprint density at radius 1 is 0.282 bits per heavy atom. The molecule has 0 atom stereocenters. The number of hydrogen-bond acceptors (Lipinski definition) is 29. The van der Waals surface area contributed by atoms with Crippen LogP contribution in [0.4, 0.5) is 68.9 Å². The van der Waals surface area contributed by atoms with E-state index in [1.165, 1.54) is 43.9 Å². The van der Waals surface area contributed by atoms with Gasteiger partial charge >= 0.3 is 0 Å². The van der Waals surface area contributed by atoms with E-state index in [2.05, 4.69) is 146 Å². The molecule has 0 aliphatic carbocycles. The molecule has 0 saturated heterocycles. The smallest absolute Gasteiger partial charge is 0.275 e. The van der Waals surface area contributed by atoms with Gasteiger partial charge in [-0.15, -0.1) is 32.1 Å². The zero-order valence-corrected chi connectivity index (χ0v) is 80.2. The fourth-order valence-corrected chi connectivity index (χ4v) is 13.0. The molecule has 18 rings (SSSR count). The minimum atomic E-state index is -0.325. The van der Waals surface area contributed by atoms with Gasteiger partial charge in [-0.25, -0.2) is 64.8 Å². The zero-order chi connectivity index (χ0) is 104. The number of ether oxygens (including phenoxy) is 3. The number of nitrogens with one attached hydrogen (secondary N) is 6. The second-order valence-electron chi connectivity index (χ2n) is 30.7. The van der Waals surface area contributed by atoms with Gasteiger partial charge in [-0.2, -0.15) is 4.98 Å². The van der Waals surface area contributed by atoms with Crippen molar-refractivity contribution in [3.05, 3.63) is 439 Å². The first-order valence-electron chi connectivity index (χ1n) is 44.2. The first-order valence-corrected chi connectivity index (χ1v) is 44.6. The van der Waals surface area contributed by atoms with Crippen LogP contribution >= 0.6 is 11.6 Å². The number of anilines is 12. The van der Waals surface area contributed by atoms with Crippen molar-refractivity contribution in [3.8, 4) is 96.3 Å². The molecule has 0 unspecified atom stereocenters. The largest absolute Gasteiger partial charge is 0.456 e. The number of carbonyl (C=O) groups excluding carboxylic acids is 6. The van der Waals surface area contributed by atoms with Gasteiger partial charge in [0.2, 0.25) is 5.88 Å². The van der Waals surface area contributed by atoms with E-state index in [-0.39, 0.29) is 48.0 Å². The fourth-order valence-electron chi connectivity index (χ4n) is 12.8. The van der Waals surface area contributed by atoms with E-state index in [9.17, 15) is 28.8 Å². The van der Waals surface area contributed by atoms with Crippen LogP contribution in [-0.2, 0) is 0 Å². The molecular weight excluding hydrogens is 1900 g/mol. The average Bonchev–Trinajstić information content (AvgIpc) is 0.838. The predicted octanol–water partition coefficient (Wildman–Crippen LogP) is 19.8. The molecule has 149 heavy (non-hydrogen) atoms. The summed E-state index contributed by atoms with van der Waals surface area (Å²) in [5.74, 6) is 15.8. The lowest BCUT2D eigenvalue weighted by Crippen LogP contribution is -2.15. The minimum Gasteiger partial charge on any atom is -0.456 e. The van der Waals surface area contributed by atoms with Gasteiger partial charge in [-0.1, -0.05) is 91.1 Å². The molecule has 36 heteroatoms. The molecule has 5 aromatic carbocycles. The maximum absolute atomic E-state index is 12.4. The molecule has 35 nitrogen and oxygen atoms in total. The Hall–Kier alpha value is -21.5. The highest BCUT2D eigenvalue weighted by molar-refractivity contribution is 6.30. The number of carbonyl (C=O) groups is 6. The lowest BCUT2D eigenvalue weighted by Gasteiger charge is -2.19. The SMILES string of the molecule is C.C#Cc1cccc(C(=O)Nc2cc(N(C)c3cncnc3)cc(Cl)n2)c1.C#Cc1cccc(C(=O)Nc2cc(N(C)c3cncnc3)ccn2)c1.C#Cc1cccc(C(=O)Nc2cc(Oc3cccnc3)ccn2)c1.C#Cc1cccc(C(=O)Nc2cc(Oc3cncnc3)ccn2)c1.C#Cc1cccc(C(=O)Nc2cncc(N(C)c3cncnc3)c2)c1.Cc1ccc(Oc2cccc(NC(=O)c3cccc(C)n3)n2)cn1. The molecule has 0 radical (unpaired) electrons. The third-order valence-corrected chi connectivity index (χ3v) is 20.4. The highest BCUT2D eigenvalue weighted by Gasteiger charge is 2.19. The summed E-state index contributed by atoms with van der Waals surface area (Å²) < 4.78 is 16.9. The lowest BCUT2D eigenvalue weighted by atomic mass is 10.1. The Morgan fingerprint density at radius 3 is 1.13 bits per heavy atom. The molecule has 18 aromatic rings. The Bertz CT molecular complexity index is 7610. The van der Waals surface area contributed by atoms with Crippen molar-refractivity contribution in [2.45, 2.75) is 21.3 Å². The van der Waals surface area contributed by atoms with Gasteiger partial charge in [0.05, 0.1) is 103 Å². The third-order valence-electron chi connectivity index (χ3n) is 20.2. The van der Waals surface area contributed by atoms with E-state index in [0.717, 1.165) is 45.5 Å². The van der Waals surface area contributed by atoms with Crippen LogP contribution in [0.1, 0.15) is 109 Å². The molecule has 13 aromatic heterocycles. The number of pyridine rings is 9. The molecule has 6 amide bonds. The van der Waals surface area contributed by atoms with Crippen LogP contribution in [0.3, 0.4) is 0 Å². The second-order valence-corrected chi connectivity index (χ2v) is 31.1. The summed E-state index contributed by atoms with van der Waals surface area (Å²) in [6, 6.07) is 67.3. The first kappa shape index (κ1) is 106. The molecule has 0 aliphatic rings. The molecule has 0 spiro atoms. The Balaban J connectivity index is 0.000000158. The van der Waals surface area contributed by atoms with Gasteiger partial charge in [-0.05, 0) is 178 Å². The predicted molar refractivity (Wildman–Crippen MR) is 571 cm³/mol. The number of benzene rings is 5.